The molecule has 0 aromatic carbocycles. The fourth-order valence-electron chi connectivity index (χ4n) is 8.94. The number of nitrogens with one attached hydrogen (secondary N) is 4. The molecular weight excluding hydrogens is 993 g/mol. The van der Waals surface area contributed by atoms with E-state index in [9.17, 15) is 0 Å². The third kappa shape index (κ3) is 13.3. The molecule has 0 unspecified atom stereocenters. The number of H-pyrrole nitrogens is 4. The van der Waals surface area contributed by atoms with Crippen molar-refractivity contribution in [2.24, 2.45) is 23.7 Å². The lowest BCUT2D eigenvalue weighted by atomic mass is 10.1. The summed E-state index contributed by atoms with van der Waals surface area (Å²) in [6, 6.07) is 20.4. The molecule has 0 saturated carbocycles. The molecule has 6 aromatic heterocycles. The first-order valence-corrected chi connectivity index (χ1v) is 27.7. The van der Waals surface area contributed by atoms with Gasteiger partial charge in [-0.05, 0) is 206 Å². The second-order valence-electron chi connectivity index (χ2n) is 21.7. The van der Waals surface area contributed by atoms with Crippen LogP contribution in [0.2, 0.25) is 0 Å². The summed E-state index contributed by atoms with van der Waals surface area (Å²) in [5.41, 5.74) is 13.3. The number of hydrogen-bond acceptors (Lipinski definition) is 8. The number of rotatable bonds is 16. The minimum atomic E-state index is 0.469. The van der Waals surface area contributed by atoms with Crippen LogP contribution in [-0.2, 0) is 0 Å². The molecule has 0 spiro atoms. The van der Waals surface area contributed by atoms with E-state index < -0.39 is 0 Å². The topological polar surface area (TPSA) is 152 Å². The summed E-state index contributed by atoms with van der Waals surface area (Å²) in [5.74, 6) is 28.8. The van der Waals surface area contributed by atoms with Crippen molar-refractivity contribution >= 4 is 92.7 Å². The average Bonchev–Trinajstić information content (AvgIpc) is 4.30. The largest absolute Gasteiger partial charge is 0.489 e. The Morgan fingerprint density at radius 1 is 0.325 bits per heavy atom. The average molecular weight is 1060 g/mol. The molecule has 0 atom stereocenters. The predicted molar refractivity (Wildman–Crippen MR) is 327 cm³/mol. The maximum absolute atomic E-state index is 6.50. The van der Waals surface area contributed by atoms with Gasteiger partial charge in [-0.15, -0.1) is 0 Å². The third-order valence-electron chi connectivity index (χ3n) is 13.4. The van der Waals surface area contributed by atoms with E-state index in [-0.39, 0.29) is 0 Å². The lowest BCUT2D eigenvalue weighted by Gasteiger charge is -2.09. The quantitative estimate of drug-likeness (QED) is 0.0698. The highest BCUT2D eigenvalue weighted by atomic mass is 16.5. The van der Waals surface area contributed by atoms with Crippen LogP contribution in [0.15, 0.2) is 60.7 Å². The summed E-state index contributed by atoms with van der Waals surface area (Å²) in [5, 5.41) is 0. The van der Waals surface area contributed by atoms with E-state index in [0.29, 0.717) is 130 Å². The number of aromatic amines is 4. The van der Waals surface area contributed by atoms with Gasteiger partial charge in [0.15, 0.2) is 23.0 Å². The van der Waals surface area contributed by atoms with Crippen molar-refractivity contribution < 1.29 is 18.9 Å². The standard InChI is InChI=1S/C68H66N8O4/c1-43(2)33-37-77-65-57-21-17-47(69-57)41-48-18-22-58(70-48)66(78-38-34-44(3)4)62-30-26-54(74-62)51(53-25-29-61(65)73-53)15-13-11-9-10-12-14-16-52-55-27-31-63(75-55)67(79-39-35-45(5)6)59-23-19-49(71-59)42-50-20-24-60(72-50)68(80-40-36-46(7)8)64-32-28-56(52)76-64/h17-32,41-46,69-72H,33-40H2,1-8H3. The molecule has 0 saturated heterocycles. The molecule has 4 N–H and O–H groups in total. The van der Waals surface area contributed by atoms with E-state index in [0.717, 1.165) is 69.8 Å². The Hall–Kier alpha value is -9.36. The summed E-state index contributed by atoms with van der Waals surface area (Å²) in [6.45, 7) is 19.6. The molecule has 0 radical (unpaired) electrons. The van der Waals surface area contributed by atoms with Crippen molar-refractivity contribution in [1.29, 1.82) is 0 Å². The SMILES string of the molecule is CC(C)CCOc1c2nc(c(C#CC#CC#CC#Cc3c4nc(c(OCCC(C)C)c5ccc(cc6ccc([nH]6)c(OCCC(C)C)c6nc3C=C6)[nH]5)C=C4)c3nc(c(OCCC(C)C)c4ccc(cc5ccc1[nH]5)[nH]4)C=C3)C=C2. The van der Waals surface area contributed by atoms with Crippen molar-refractivity contribution in [3.05, 3.63) is 117 Å². The van der Waals surface area contributed by atoms with E-state index in [4.69, 9.17) is 38.9 Å². The van der Waals surface area contributed by atoms with Gasteiger partial charge in [0.1, 0.15) is 22.8 Å². The van der Waals surface area contributed by atoms with Gasteiger partial charge in [-0.2, -0.15) is 0 Å². The molecule has 12 heteroatoms. The van der Waals surface area contributed by atoms with E-state index in [2.05, 4.69) is 135 Å². The summed E-state index contributed by atoms with van der Waals surface area (Å²) in [7, 11) is 0. The molecular formula is C68H66N8O4. The van der Waals surface area contributed by atoms with E-state index in [1.165, 1.54) is 0 Å². The third-order valence-corrected chi connectivity index (χ3v) is 13.4. The molecule has 0 amide bonds. The highest BCUT2D eigenvalue weighted by molar-refractivity contribution is 5.88. The fourth-order valence-corrected chi connectivity index (χ4v) is 8.94. The normalized spacial score (nSPS) is 12.0. The van der Waals surface area contributed by atoms with Crippen LogP contribution in [0, 0.1) is 71.0 Å². The second kappa shape index (κ2) is 25.0. The van der Waals surface area contributed by atoms with Gasteiger partial charge in [0, 0.05) is 22.1 Å². The molecule has 16 bridgehead atoms. The zero-order chi connectivity index (χ0) is 55.5. The van der Waals surface area contributed by atoms with Crippen molar-refractivity contribution in [3.63, 3.8) is 0 Å². The van der Waals surface area contributed by atoms with E-state index >= 15 is 0 Å². The van der Waals surface area contributed by atoms with E-state index in [1.54, 1.807) is 0 Å². The Balaban J connectivity index is 1.06. The first-order chi connectivity index (χ1) is 38.9. The molecule has 4 aliphatic heterocycles. The first-order valence-electron chi connectivity index (χ1n) is 27.7. The Morgan fingerprint density at radius 2 is 0.562 bits per heavy atom. The van der Waals surface area contributed by atoms with Gasteiger partial charge in [0.2, 0.25) is 0 Å². The Morgan fingerprint density at radius 3 is 0.812 bits per heavy atom. The minimum Gasteiger partial charge on any atom is -0.489 e. The van der Waals surface area contributed by atoms with Crippen LogP contribution < -0.4 is 18.9 Å². The summed E-state index contributed by atoms with van der Waals surface area (Å²) < 4.78 is 26.0. The van der Waals surface area contributed by atoms with Crippen LogP contribution >= 0.6 is 0 Å². The number of ether oxygens (including phenoxy) is 4. The Bertz CT molecular complexity index is 3600. The molecule has 402 valence electrons. The van der Waals surface area contributed by atoms with Crippen molar-refractivity contribution in [1.82, 2.24) is 39.9 Å². The number of fused-ring (bicyclic) bond motifs is 16. The fraction of sp³-hybridized carbons (Fsp3) is 0.294. The second-order valence-corrected chi connectivity index (χ2v) is 21.7. The van der Waals surface area contributed by atoms with Crippen molar-refractivity contribution in [2.45, 2.75) is 81.1 Å². The molecule has 0 fully saturated rings. The number of hydrogen-bond donors (Lipinski definition) is 4. The first kappa shape index (κ1) is 54.0. The molecule has 10 heterocycles. The summed E-state index contributed by atoms with van der Waals surface area (Å²) >= 11 is 0. The highest BCUT2D eigenvalue weighted by Gasteiger charge is 2.19. The lowest BCUT2D eigenvalue weighted by Crippen LogP contribution is -2.03. The van der Waals surface area contributed by atoms with Crippen LogP contribution in [0.5, 0.6) is 23.0 Å². The summed E-state index contributed by atoms with van der Waals surface area (Å²) in [6.07, 6.45) is 19.2. The van der Waals surface area contributed by atoms with Crippen LogP contribution in [0.1, 0.15) is 138 Å². The van der Waals surface area contributed by atoms with Gasteiger partial charge < -0.3 is 38.9 Å². The van der Waals surface area contributed by atoms with Crippen molar-refractivity contribution in [3.8, 4) is 70.4 Å². The highest BCUT2D eigenvalue weighted by Crippen LogP contribution is 2.34. The monoisotopic (exact) mass is 1060 g/mol. The van der Waals surface area contributed by atoms with Gasteiger partial charge in [0.05, 0.1) is 82.4 Å². The van der Waals surface area contributed by atoms with Crippen LogP contribution in [0.3, 0.4) is 0 Å². The Labute approximate surface area is 468 Å². The number of aromatic nitrogens is 8. The smallest absolute Gasteiger partial charge is 0.168 e. The Kier molecular flexibility index (Phi) is 16.9. The van der Waals surface area contributed by atoms with Gasteiger partial charge in [0.25, 0.3) is 0 Å². The molecule has 6 aromatic rings. The zero-order valence-electron chi connectivity index (χ0n) is 46.8. The predicted octanol–water partition coefficient (Wildman–Crippen LogP) is 14.7. The van der Waals surface area contributed by atoms with Gasteiger partial charge in [-0.1, -0.05) is 55.4 Å². The van der Waals surface area contributed by atoms with Crippen LogP contribution in [-0.4, -0.2) is 66.3 Å². The molecule has 4 aliphatic rings. The molecule has 12 nitrogen and oxygen atoms in total. The minimum absolute atomic E-state index is 0.469. The molecule has 0 aliphatic carbocycles. The van der Waals surface area contributed by atoms with Gasteiger partial charge in [-0.25, -0.2) is 19.9 Å². The van der Waals surface area contributed by atoms with Gasteiger partial charge >= 0.3 is 0 Å². The summed E-state index contributed by atoms with van der Waals surface area (Å²) in [4.78, 5) is 34.7. The lowest BCUT2D eigenvalue weighted by molar-refractivity contribution is 0.290. The van der Waals surface area contributed by atoms with Gasteiger partial charge in [-0.3, -0.25) is 0 Å². The molecule has 10 rings (SSSR count). The molecule has 80 heavy (non-hydrogen) atoms. The van der Waals surface area contributed by atoms with Crippen LogP contribution in [0.25, 0.3) is 92.7 Å². The van der Waals surface area contributed by atoms with E-state index in [1.807, 2.05) is 97.1 Å². The maximum Gasteiger partial charge on any atom is 0.168 e. The van der Waals surface area contributed by atoms with Crippen molar-refractivity contribution in [2.75, 3.05) is 26.4 Å². The maximum atomic E-state index is 6.50. The van der Waals surface area contributed by atoms with Crippen LogP contribution in [0.4, 0.5) is 0 Å². The zero-order valence-corrected chi connectivity index (χ0v) is 46.8. The number of nitrogens with zero attached hydrogens (tertiary/aromatic N) is 4.